The van der Waals surface area contributed by atoms with E-state index < -0.39 is 17.8 Å². The number of nitrogens with one attached hydrogen (secondary N) is 1. The highest BCUT2D eigenvalue weighted by Gasteiger charge is 2.24. The lowest BCUT2D eigenvalue weighted by atomic mass is 10.1. The van der Waals surface area contributed by atoms with E-state index in [0.717, 1.165) is 24.0 Å². The topological polar surface area (TPSA) is 55.1 Å². The average molecular weight is 316 g/mol. The van der Waals surface area contributed by atoms with Crippen LogP contribution in [0.1, 0.15) is 29.9 Å². The van der Waals surface area contributed by atoms with E-state index in [2.05, 4.69) is 5.32 Å². The largest absolute Gasteiger partial charge is 0.322 e. The molecule has 1 atom stereocenters. The summed E-state index contributed by atoms with van der Waals surface area (Å²) in [6.07, 6.45) is 2.44. The summed E-state index contributed by atoms with van der Waals surface area (Å²) in [7, 11) is 0. The summed E-state index contributed by atoms with van der Waals surface area (Å²) in [6, 6.07) is 9.84. The van der Waals surface area contributed by atoms with Crippen LogP contribution < -0.4 is 11.1 Å². The van der Waals surface area contributed by atoms with Crippen molar-refractivity contribution in [2.24, 2.45) is 5.73 Å². The number of hydrogen-bond acceptors (Lipinski definition) is 2. The predicted molar refractivity (Wildman–Crippen MR) is 85.1 cm³/mol. The third-order valence-corrected chi connectivity index (χ3v) is 4.01. The molecule has 3 N–H and O–H groups in total. The lowest BCUT2D eigenvalue weighted by Crippen LogP contribution is -2.37. The molecular formula is C18H18F2N2O. The summed E-state index contributed by atoms with van der Waals surface area (Å²) >= 11 is 0. The van der Waals surface area contributed by atoms with E-state index in [1.54, 1.807) is 18.2 Å². The molecule has 0 saturated heterocycles. The van der Waals surface area contributed by atoms with Crippen LogP contribution in [0, 0.1) is 11.6 Å². The number of anilines is 1. The second-order valence-corrected chi connectivity index (χ2v) is 5.94. The number of benzene rings is 2. The lowest BCUT2D eigenvalue weighted by molar-refractivity contribution is -0.117. The van der Waals surface area contributed by atoms with E-state index in [-0.39, 0.29) is 17.9 Å². The molecule has 0 bridgehead atoms. The zero-order valence-corrected chi connectivity index (χ0v) is 12.6. The molecule has 2 aromatic rings. The minimum atomic E-state index is -0.831. The van der Waals surface area contributed by atoms with Crippen molar-refractivity contribution >= 4 is 11.6 Å². The van der Waals surface area contributed by atoms with Crippen molar-refractivity contribution in [1.29, 1.82) is 0 Å². The molecule has 3 nitrogen and oxygen atoms in total. The highest BCUT2D eigenvalue weighted by Crippen LogP contribution is 2.40. The highest BCUT2D eigenvalue weighted by atomic mass is 19.1. The maximum atomic E-state index is 14.0. The monoisotopic (exact) mass is 316 g/mol. The first kappa shape index (κ1) is 15.6. The molecule has 5 heteroatoms. The van der Waals surface area contributed by atoms with Crippen molar-refractivity contribution in [2.75, 3.05) is 5.32 Å². The maximum absolute atomic E-state index is 14.0. The highest BCUT2D eigenvalue weighted by molar-refractivity contribution is 5.95. The molecule has 0 heterocycles. The summed E-state index contributed by atoms with van der Waals surface area (Å²) in [5.41, 5.74) is 7.70. The van der Waals surface area contributed by atoms with E-state index in [0.29, 0.717) is 5.92 Å². The van der Waals surface area contributed by atoms with E-state index in [1.165, 1.54) is 18.2 Å². The van der Waals surface area contributed by atoms with Gasteiger partial charge in [0.25, 0.3) is 0 Å². The van der Waals surface area contributed by atoms with Crippen LogP contribution in [0.25, 0.3) is 0 Å². The number of halogens is 2. The van der Waals surface area contributed by atoms with Crippen molar-refractivity contribution < 1.29 is 13.6 Å². The van der Waals surface area contributed by atoms with Crippen LogP contribution >= 0.6 is 0 Å². The van der Waals surface area contributed by atoms with Gasteiger partial charge in [0.15, 0.2) is 0 Å². The van der Waals surface area contributed by atoms with Gasteiger partial charge >= 0.3 is 0 Å². The van der Waals surface area contributed by atoms with E-state index >= 15 is 0 Å². The Bertz CT molecular complexity index is 711. The number of carbonyl (C=O) groups is 1. The van der Waals surface area contributed by atoms with Gasteiger partial charge in [-0.2, -0.15) is 0 Å². The van der Waals surface area contributed by atoms with Crippen LogP contribution in [-0.2, 0) is 11.2 Å². The predicted octanol–water partition coefficient (Wildman–Crippen LogP) is 3.35. The molecule has 0 radical (unpaired) electrons. The first-order valence-electron chi connectivity index (χ1n) is 7.63. The lowest BCUT2D eigenvalue weighted by Gasteiger charge is -2.13. The fourth-order valence-corrected chi connectivity index (χ4v) is 2.50. The standard InChI is InChI=1S/C18H18F2N2O/c19-14-6-1-11(2-7-14)9-16(21)18(23)22-17-8-5-13(10-15(17)20)12-3-4-12/h1-2,5-8,10,12,16H,3-4,9,21H2,(H,22,23)/t16-/m0/s1. The Morgan fingerprint density at radius 3 is 2.48 bits per heavy atom. The Balaban J connectivity index is 1.62. The minimum absolute atomic E-state index is 0.133. The molecular weight excluding hydrogens is 298 g/mol. The van der Waals surface area contributed by atoms with Crippen molar-refractivity contribution in [3.63, 3.8) is 0 Å². The fraction of sp³-hybridized carbons (Fsp3) is 0.278. The molecule has 0 aromatic heterocycles. The summed E-state index contributed by atoms with van der Waals surface area (Å²) < 4.78 is 26.9. The van der Waals surface area contributed by atoms with Crippen LogP contribution in [0.3, 0.4) is 0 Å². The maximum Gasteiger partial charge on any atom is 0.241 e. The zero-order valence-electron chi connectivity index (χ0n) is 12.6. The molecule has 120 valence electrons. The molecule has 0 unspecified atom stereocenters. The number of hydrogen-bond donors (Lipinski definition) is 2. The summed E-state index contributed by atoms with van der Waals surface area (Å²) in [5.74, 6) is -0.802. The van der Waals surface area contributed by atoms with E-state index in [4.69, 9.17) is 5.73 Å². The summed E-state index contributed by atoms with van der Waals surface area (Å²) in [5, 5.41) is 2.52. The first-order valence-corrected chi connectivity index (χ1v) is 7.63. The van der Waals surface area contributed by atoms with Gasteiger partial charge in [-0.25, -0.2) is 8.78 Å². The van der Waals surface area contributed by atoms with Crippen LogP contribution in [-0.4, -0.2) is 11.9 Å². The Hall–Kier alpha value is -2.27. The Kier molecular flexibility index (Phi) is 4.39. The van der Waals surface area contributed by atoms with Crippen LogP contribution in [0.15, 0.2) is 42.5 Å². The van der Waals surface area contributed by atoms with Gasteiger partial charge in [-0.3, -0.25) is 4.79 Å². The Labute approximate surface area is 133 Å². The molecule has 1 amide bonds. The number of nitrogens with two attached hydrogens (primary N) is 1. The van der Waals surface area contributed by atoms with Crippen molar-refractivity contribution in [1.82, 2.24) is 0 Å². The number of carbonyl (C=O) groups excluding carboxylic acids is 1. The van der Waals surface area contributed by atoms with Crippen molar-refractivity contribution in [3.05, 3.63) is 65.2 Å². The molecule has 0 aliphatic heterocycles. The zero-order chi connectivity index (χ0) is 16.4. The average Bonchev–Trinajstić information content (AvgIpc) is 3.36. The van der Waals surface area contributed by atoms with Gasteiger partial charge < -0.3 is 11.1 Å². The summed E-state index contributed by atoms with van der Waals surface area (Å²) in [6.45, 7) is 0. The molecule has 1 saturated carbocycles. The molecule has 1 aliphatic rings. The fourth-order valence-electron chi connectivity index (χ4n) is 2.50. The number of rotatable bonds is 5. The van der Waals surface area contributed by atoms with E-state index in [1.807, 2.05) is 6.07 Å². The van der Waals surface area contributed by atoms with Gasteiger partial charge in [-0.1, -0.05) is 18.2 Å². The minimum Gasteiger partial charge on any atom is -0.322 e. The first-order chi connectivity index (χ1) is 11.0. The quantitative estimate of drug-likeness (QED) is 0.889. The van der Waals surface area contributed by atoms with Crippen LogP contribution in [0.4, 0.5) is 14.5 Å². The van der Waals surface area contributed by atoms with Gasteiger partial charge in [0.2, 0.25) is 5.91 Å². The molecule has 2 aromatic carbocycles. The van der Waals surface area contributed by atoms with Gasteiger partial charge in [0, 0.05) is 0 Å². The third kappa shape index (κ3) is 3.93. The van der Waals surface area contributed by atoms with Gasteiger partial charge in [0.1, 0.15) is 11.6 Å². The SMILES string of the molecule is N[C@@H](Cc1ccc(F)cc1)C(=O)Nc1ccc(C2CC2)cc1F. The van der Waals surface area contributed by atoms with Gasteiger partial charge in [-0.15, -0.1) is 0 Å². The number of amides is 1. The molecule has 0 spiro atoms. The van der Waals surface area contributed by atoms with Crippen LogP contribution in [0.2, 0.25) is 0 Å². The molecule has 1 aliphatic carbocycles. The second kappa shape index (κ2) is 6.46. The van der Waals surface area contributed by atoms with E-state index in [9.17, 15) is 13.6 Å². The smallest absolute Gasteiger partial charge is 0.241 e. The Morgan fingerprint density at radius 1 is 1.17 bits per heavy atom. The second-order valence-electron chi connectivity index (χ2n) is 5.94. The van der Waals surface area contributed by atoms with Crippen molar-refractivity contribution in [2.45, 2.75) is 31.2 Å². The Morgan fingerprint density at radius 2 is 1.87 bits per heavy atom. The van der Waals surface area contributed by atoms with Crippen LogP contribution in [0.5, 0.6) is 0 Å². The normalized spacial score (nSPS) is 15.3. The van der Waals surface area contributed by atoms with Gasteiger partial charge in [0.05, 0.1) is 11.7 Å². The molecule has 23 heavy (non-hydrogen) atoms. The summed E-state index contributed by atoms with van der Waals surface area (Å²) in [4.78, 5) is 12.1. The third-order valence-electron chi connectivity index (χ3n) is 4.01. The van der Waals surface area contributed by atoms with Crippen molar-refractivity contribution in [3.8, 4) is 0 Å². The molecule has 1 fully saturated rings. The van der Waals surface area contributed by atoms with Gasteiger partial charge in [-0.05, 0) is 60.6 Å². The molecule has 3 rings (SSSR count).